The number of H-pyrrole nitrogens is 1. The zero-order valence-electron chi connectivity index (χ0n) is 17.3. The molecule has 164 valence electrons. The Kier molecular flexibility index (Phi) is 5.32. The summed E-state index contributed by atoms with van der Waals surface area (Å²) >= 11 is 5.98. The quantitative estimate of drug-likeness (QED) is 0.365. The SMILES string of the molecule is NC(=O)c1cc(-c2ccc(OCc3ccc(Cl)cc3)c(-c3cccc(C4C=N4)c3)c2O)n[nH]1. The molecule has 7 nitrogen and oxygen atoms in total. The second kappa shape index (κ2) is 8.44. The predicted molar refractivity (Wildman–Crippen MR) is 127 cm³/mol. The number of phenolic OH excluding ortho intramolecular Hbond substituents is 1. The van der Waals surface area contributed by atoms with Crippen LogP contribution < -0.4 is 10.5 Å². The number of amides is 1. The van der Waals surface area contributed by atoms with Crippen molar-refractivity contribution in [3.05, 3.63) is 88.6 Å². The van der Waals surface area contributed by atoms with Gasteiger partial charge in [0, 0.05) is 16.8 Å². The summed E-state index contributed by atoms with van der Waals surface area (Å²) in [5.74, 6) is -0.140. The van der Waals surface area contributed by atoms with Crippen LogP contribution in [0.4, 0.5) is 0 Å². The van der Waals surface area contributed by atoms with Crippen LogP contribution in [-0.4, -0.2) is 27.4 Å². The monoisotopic (exact) mass is 458 g/mol. The molecule has 4 N–H and O–H groups in total. The second-order valence-corrected chi connectivity index (χ2v) is 8.09. The van der Waals surface area contributed by atoms with Crippen molar-refractivity contribution < 1.29 is 14.6 Å². The maximum absolute atomic E-state index is 11.5. The van der Waals surface area contributed by atoms with E-state index < -0.39 is 5.91 Å². The number of aliphatic imine (C=N–C) groups is 1. The van der Waals surface area contributed by atoms with Gasteiger partial charge in [0.25, 0.3) is 5.91 Å². The second-order valence-electron chi connectivity index (χ2n) is 7.65. The Morgan fingerprint density at radius 3 is 2.61 bits per heavy atom. The van der Waals surface area contributed by atoms with Gasteiger partial charge in [0.15, 0.2) is 0 Å². The van der Waals surface area contributed by atoms with Gasteiger partial charge in [-0.3, -0.25) is 14.9 Å². The molecule has 0 aliphatic carbocycles. The van der Waals surface area contributed by atoms with Crippen LogP contribution in [0.3, 0.4) is 0 Å². The van der Waals surface area contributed by atoms with Gasteiger partial charge in [0.05, 0.1) is 11.3 Å². The normalized spacial score (nSPS) is 14.3. The van der Waals surface area contributed by atoms with E-state index in [0.29, 0.717) is 34.2 Å². The van der Waals surface area contributed by atoms with E-state index in [2.05, 4.69) is 15.2 Å². The molecule has 33 heavy (non-hydrogen) atoms. The van der Waals surface area contributed by atoms with Crippen molar-refractivity contribution in [2.45, 2.75) is 12.6 Å². The molecule has 8 heteroatoms. The molecule has 0 fully saturated rings. The summed E-state index contributed by atoms with van der Waals surface area (Å²) in [7, 11) is 0. The van der Waals surface area contributed by atoms with Crippen LogP contribution >= 0.6 is 11.6 Å². The average Bonchev–Trinajstić information content (AvgIpc) is 3.55. The number of nitrogens with two attached hydrogens (primary N) is 1. The van der Waals surface area contributed by atoms with Crippen LogP contribution in [0.1, 0.15) is 27.7 Å². The molecule has 0 spiro atoms. The van der Waals surface area contributed by atoms with E-state index >= 15 is 0 Å². The molecule has 1 atom stereocenters. The number of hydrogen-bond acceptors (Lipinski definition) is 5. The third-order valence-electron chi connectivity index (χ3n) is 5.38. The van der Waals surface area contributed by atoms with Gasteiger partial charge in [0.1, 0.15) is 29.8 Å². The number of halogens is 1. The van der Waals surface area contributed by atoms with Gasteiger partial charge < -0.3 is 15.6 Å². The Labute approximate surface area is 194 Å². The predicted octanol–water partition coefficient (Wildman–Crippen LogP) is 4.91. The van der Waals surface area contributed by atoms with E-state index in [4.69, 9.17) is 22.1 Å². The molecule has 0 radical (unpaired) electrons. The minimum Gasteiger partial charge on any atom is -0.506 e. The van der Waals surface area contributed by atoms with Crippen molar-refractivity contribution in [2.24, 2.45) is 10.7 Å². The molecule has 0 bridgehead atoms. The molecule has 1 unspecified atom stereocenters. The van der Waals surface area contributed by atoms with Crippen LogP contribution in [0.2, 0.25) is 5.02 Å². The lowest BCUT2D eigenvalue weighted by atomic mass is 9.96. The van der Waals surface area contributed by atoms with Gasteiger partial charge in [-0.05, 0) is 53.1 Å². The Hall–Kier alpha value is -4.10. The van der Waals surface area contributed by atoms with Crippen LogP contribution in [0, 0.1) is 0 Å². The first-order chi connectivity index (χ1) is 16.0. The average molecular weight is 459 g/mol. The highest BCUT2D eigenvalue weighted by atomic mass is 35.5. The fraction of sp³-hybridized carbons (Fsp3) is 0.0800. The zero-order valence-corrected chi connectivity index (χ0v) is 18.1. The van der Waals surface area contributed by atoms with Gasteiger partial charge in [-0.25, -0.2) is 0 Å². The topological polar surface area (TPSA) is 114 Å². The highest BCUT2D eigenvalue weighted by molar-refractivity contribution is 6.30. The summed E-state index contributed by atoms with van der Waals surface area (Å²) in [6, 6.07) is 20.2. The summed E-state index contributed by atoms with van der Waals surface area (Å²) < 4.78 is 6.11. The number of aromatic hydroxyl groups is 1. The van der Waals surface area contributed by atoms with Crippen molar-refractivity contribution in [2.75, 3.05) is 0 Å². The third-order valence-corrected chi connectivity index (χ3v) is 5.63. The number of rotatable bonds is 7. The van der Waals surface area contributed by atoms with Gasteiger partial charge in [-0.15, -0.1) is 0 Å². The van der Waals surface area contributed by atoms with Crippen LogP contribution in [-0.2, 0) is 6.61 Å². The number of ether oxygens (including phenoxy) is 1. The Morgan fingerprint density at radius 1 is 1.12 bits per heavy atom. The van der Waals surface area contributed by atoms with Crippen molar-refractivity contribution >= 4 is 23.7 Å². The molecule has 1 aliphatic heterocycles. The lowest BCUT2D eigenvalue weighted by Gasteiger charge is -2.16. The first-order valence-electron chi connectivity index (χ1n) is 10.2. The number of benzene rings is 3. The minimum absolute atomic E-state index is 0.0139. The highest BCUT2D eigenvalue weighted by Gasteiger charge is 2.22. The van der Waals surface area contributed by atoms with Gasteiger partial charge >= 0.3 is 0 Å². The maximum atomic E-state index is 11.5. The minimum atomic E-state index is -0.631. The highest BCUT2D eigenvalue weighted by Crippen LogP contribution is 2.45. The number of primary amides is 1. The summed E-state index contributed by atoms with van der Waals surface area (Å²) in [5, 5.41) is 18.7. The number of carbonyl (C=O) groups excluding carboxylic acids is 1. The van der Waals surface area contributed by atoms with E-state index in [-0.39, 0.29) is 17.5 Å². The number of nitrogens with zero attached hydrogens (tertiary/aromatic N) is 2. The zero-order chi connectivity index (χ0) is 22.9. The molecular weight excluding hydrogens is 440 g/mol. The Morgan fingerprint density at radius 2 is 1.91 bits per heavy atom. The smallest absolute Gasteiger partial charge is 0.266 e. The van der Waals surface area contributed by atoms with E-state index in [1.807, 2.05) is 42.6 Å². The molecule has 0 saturated carbocycles. The van der Waals surface area contributed by atoms with Crippen molar-refractivity contribution in [1.82, 2.24) is 10.2 Å². The van der Waals surface area contributed by atoms with Crippen molar-refractivity contribution in [3.8, 4) is 33.9 Å². The Bertz CT molecular complexity index is 1370. The lowest BCUT2D eigenvalue weighted by Crippen LogP contribution is -2.10. The molecule has 1 aromatic heterocycles. The van der Waals surface area contributed by atoms with E-state index in [1.54, 1.807) is 24.3 Å². The molecule has 1 amide bonds. The van der Waals surface area contributed by atoms with Crippen LogP contribution in [0.5, 0.6) is 11.5 Å². The number of hydrogen-bond donors (Lipinski definition) is 3. The van der Waals surface area contributed by atoms with Gasteiger partial charge in [0.2, 0.25) is 0 Å². The van der Waals surface area contributed by atoms with Crippen LogP contribution in [0.25, 0.3) is 22.4 Å². The van der Waals surface area contributed by atoms with Crippen molar-refractivity contribution in [3.63, 3.8) is 0 Å². The summed E-state index contributed by atoms with van der Waals surface area (Å²) in [6.07, 6.45) is 1.86. The van der Waals surface area contributed by atoms with Gasteiger partial charge in [-0.1, -0.05) is 41.9 Å². The van der Waals surface area contributed by atoms with Crippen LogP contribution in [0.15, 0.2) is 71.7 Å². The largest absolute Gasteiger partial charge is 0.506 e. The first-order valence-corrected chi connectivity index (χ1v) is 10.6. The fourth-order valence-electron chi connectivity index (χ4n) is 3.60. The summed E-state index contributed by atoms with van der Waals surface area (Å²) in [4.78, 5) is 15.7. The van der Waals surface area contributed by atoms with E-state index in [0.717, 1.165) is 16.7 Å². The third kappa shape index (κ3) is 4.31. The first kappa shape index (κ1) is 20.8. The summed E-state index contributed by atoms with van der Waals surface area (Å²) in [5.41, 5.74) is 9.59. The standard InChI is InChI=1S/C25H19ClN4O3/c26-17-6-4-14(5-7-17)13-33-22-9-8-18(19-11-20(25(27)32)30-29-19)24(31)23(22)16-3-1-2-15(10-16)21-12-28-21/h1-12,21,31H,13H2,(H2,27,32)(H,29,30). The number of aromatic nitrogens is 2. The molecule has 0 saturated heterocycles. The summed E-state index contributed by atoms with van der Waals surface area (Å²) in [6.45, 7) is 0.294. The number of carbonyl (C=O) groups is 1. The molecule has 2 heterocycles. The number of nitrogens with one attached hydrogen (secondary N) is 1. The maximum Gasteiger partial charge on any atom is 0.266 e. The van der Waals surface area contributed by atoms with E-state index in [9.17, 15) is 9.90 Å². The van der Waals surface area contributed by atoms with E-state index in [1.165, 1.54) is 6.07 Å². The molecular formula is C25H19ClN4O3. The molecule has 3 aromatic carbocycles. The number of aromatic amines is 1. The lowest BCUT2D eigenvalue weighted by molar-refractivity contribution is 0.0995. The fourth-order valence-corrected chi connectivity index (χ4v) is 3.73. The molecule has 1 aliphatic rings. The van der Waals surface area contributed by atoms with Gasteiger partial charge in [-0.2, -0.15) is 5.10 Å². The molecule has 4 aromatic rings. The van der Waals surface area contributed by atoms with Crippen molar-refractivity contribution in [1.29, 1.82) is 0 Å². The Balaban J connectivity index is 1.57. The molecule has 5 rings (SSSR count). The number of phenols is 1.